The van der Waals surface area contributed by atoms with Gasteiger partial charge in [0.25, 0.3) is 5.91 Å². The zero-order chi connectivity index (χ0) is 15.2. The number of aryl methyl sites for hydroxylation is 1. The van der Waals surface area contributed by atoms with E-state index < -0.39 is 0 Å². The lowest BCUT2D eigenvalue weighted by Crippen LogP contribution is -2.31. The van der Waals surface area contributed by atoms with Crippen molar-refractivity contribution in [3.8, 4) is 5.75 Å². The highest BCUT2D eigenvalue weighted by Gasteiger charge is 2.09. The molecule has 0 radical (unpaired) electrons. The molecule has 4 heteroatoms. The summed E-state index contributed by atoms with van der Waals surface area (Å²) in [5.41, 5.74) is 2.27. The van der Waals surface area contributed by atoms with Crippen molar-refractivity contribution in [3.05, 3.63) is 64.7 Å². The predicted octanol–water partition coefficient (Wildman–Crippen LogP) is 3.90. The maximum absolute atomic E-state index is 11.9. The smallest absolute Gasteiger partial charge is 0.258 e. The van der Waals surface area contributed by atoms with Crippen molar-refractivity contribution >= 4 is 17.5 Å². The Bertz CT molecular complexity index is 593. The van der Waals surface area contributed by atoms with Crippen LogP contribution in [0.15, 0.2) is 48.5 Å². The Kier molecular flexibility index (Phi) is 5.23. The molecule has 1 atom stereocenters. The van der Waals surface area contributed by atoms with Gasteiger partial charge in [-0.15, -0.1) is 0 Å². The van der Waals surface area contributed by atoms with Gasteiger partial charge in [-0.2, -0.15) is 0 Å². The van der Waals surface area contributed by atoms with Crippen LogP contribution in [-0.2, 0) is 4.79 Å². The standard InChI is InChI=1S/C17H18ClNO2/c1-12-3-5-14(6-4-12)13(2)19-17(20)11-21-16-9-7-15(18)8-10-16/h3-10,13H,11H2,1-2H3,(H,19,20)/t13-/m1/s1. The van der Waals surface area contributed by atoms with Gasteiger partial charge in [-0.25, -0.2) is 0 Å². The molecule has 0 unspecified atom stereocenters. The Morgan fingerprint density at radius 3 is 2.38 bits per heavy atom. The molecular formula is C17H18ClNO2. The molecule has 2 aromatic rings. The molecule has 21 heavy (non-hydrogen) atoms. The largest absolute Gasteiger partial charge is 0.484 e. The maximum Gasteiger partial charge on any atom is 0.258 e. The second kappa shape index (κ2) is 7.14. The highest BCUT2D eigenvalue weighted by Crippen LogP contribution is 2.16. The lowest BCUT2D eigenvalue weighted by Gasteiger charge is -2.15. The van der Waals surface area contributed by atoms with Crippen LogP contribution >= 0.6 is 11.6 Å². The second-order valence-electron chi connectivity index (χ2n) is 4.94. The fraction of sp³-hybridized carbons (Fsp3) is 0.235. The average molecular weight is 304 g/mol. The van der Waals surface area contributed by atoms with Crippen LogP contribution < -0.4 is 10.1 Å². The summed E-state index contributed by atoms with van der Waals surface area (Å²) in [5.74, 6) is 0.468. The second-order valence-corrected chi connectivity index (χ2v) is 5.38. The Balaban J connectivity index is 1.83. The minimum absolute atomic E-state index is 0.0160. The number of benzene rings is 2. The third-order valence-electron chi connectivity index (χ3n) is 3.14. The quantitative estimate of drug-likeness (QED) is 0.909. The predicted molar refractivity (Wildman–Crippen MR) is 84.7 cm³/mol. The average Bonchev–Trinajstić information content (AvgIpc) is 2.47. The summed E-state index contributed by atoms with van der Waals surface area (Å²) in [6.07, 6.45) is 0. The van der Waals surface area contributed by atoms with E-state index in [1.54, 1.807) is 24.3 Å². The molecule has 0 bridgehead atoms. The zero-order valence-electron chi connectivity index (χ0n) is 12.1. The highest BCUT2D eigenvalue weighted by atomic mass is 35.5. The number of amides is 1. The first-order valence-corrected chi connectivity index (χ1v) is 7.16. The van der Waals surface area contributed by atoms with E-state index in [1.165, 1.54) is 5.56 Å². The third-order valence-corrected chi connectivity index (χ3v) is 3.39. The van der Waals surface area contributed by atoms with E-state index in [4.69, 9.17) is 16.3 Å². The van der Waals surface area contributed by atoms with E-state index in [9.17, 15) is 4.79 Å². The topological polar surface area (TPSA) is 38.3 Å². The molecular weight excluding hydrogens is 286 g/mol. The fourth-order valence-corrected chi connectivity index (χ4v) is 2.03. The van der Waals surface area contributed by atoms with E-state index in [1.807, 2.05) is 38.1 Å². The molecule has 0 aliphatic carbocycles. The maximum atomic E-state index is 11.9. The Morgan fingerprint density at radius 1 is 1.14 bits per heavy atom. The zero-order valence-corrected chi connectivity index (χ0v) is 12.9. The number of carbonyl (C=O) groups is 1. The van der Waals surface area contributed by atoms with Gasteiger partial charge in [-0.1, -0.05) is 41.4 Å². The van der Waals surface area contributed by atoms with Gasteiger partial charge in [0, 0.05) is 5.02 Å². The first kappa shape index (κ1) is 15.4. The van der Waals surface area contributed by atoms with Crippen LogP contribution in [0.1, 0.15) is 24.1 Å². The van der Waals surface area contributed by atoms with Gasteiger partial charge in [0.1, 0.15) is 5.75 Å². The number of nitrogens with one attached hydrogen (secondary N) is 1. The van der Waals surface area contributed by atoms with E-state index in [-0.39, 0.29) is 18.6 Å². The van der Waals surface area contributed by atoms with Gasteiger partial charge in [0.05, 0.1) is 6.04 Å². The van der Waals surface area contributed by atoms with Crippen molar-refractivity contribution in [2.24, 2.45) is 0 Å². The molecule has 0 spiro atoms. The first-order valence-electron chi connectivity index (χ1n) is 6.79. The lowest BCUT2D eigenvalue weighted by atomic mass is 10.1. The van der Waals surface area contributed by atoms with Crippen molar-refractivity contribution < 1.29 is 9.53 Å². The van der Waals surface area contributed by atoms with Crippen LogP contribution in [0.5, 0.6) is 5.75 Å². The lowest BCUT2D eigenvalue weighted by molar-refractivity contribution is -0.123. The molecule has 1 N–H and O–H groups in total. The van der Waals surface area contributed by atoms with Crippen LogP contribution in [0.4, 0.5) is 0 Å². The number of rotatable bonds is 5. The van der Waals surface area contributed by atoms with Gasteiger partial charge in [0.15, 0.2) is 6.61 Å². The van der Waals surface area contributed by atoms with Crippen molar-refractivity contribution in [1.82, 2.24) is 5.32 Å². The number of hydrogen-bond donors (Lipinski definition) is 1. The number of hydrogen-bond acceptors (Lipinski definition) is 2. The highest BCUT2D eigenvalue weighted by molar-refractivity contribution is 6.30. The van der Waals surface area contributed by atoms with Gasteiger partial charge in [0.2, 0.25) is 0 Å². The minimum Gasteiger partial charge on any atom is -0.484 e. The van der Waals surface area contributed by atoms with Crippen molar-refractivity contribution in [3.63, 3.8) is 0 Å². The van der Waals surface area contributed by atoms with Gasteiger partial charge >= 0.3 is 0 Å². The fourth-order valence-electron chi connectivity index (χ4n) is 1.90. The Morgan fingerprint density at radius 2 is 1.76 bits per heavy atom. The van der Waals surface area contributed by atoms with Crippen LogP contribution in [0.3, 0.4) is 0 Å². The molecule has 0 heterocycles. The van der Waals surface area contributed by atoms with Crippen molar-refractivity contribution in [2.45, 2.75) is 19.9 Å². The summed E-state index contributed by atoms with van der Waals surface area (Å²) in [6.45, 7) is 3.97. The number of halogens is 1. The monoisotopic (exact) mass is 303 g/mol. The summed E-state index contributed by atoms with van der Waals surface area (Å²) in [4.78, 5) is 11.9. The normalized spacial score (nSPS) is 11.8. The van der Waals surface area contributed by atoms with E-state index in [0.29, 0.717) is 10.8 Å². The van der Waals surface area contributed by atoms with Gasteiger partial charge in [-0.3, -0.25) is 4.79 Å². The molecule has 0 saturated heterocycles. The summed E-state index contributed by atoms with van der Waals surface area (Å²) in [5, 5.41) is 3.55. The SMILES string of the molecule is Cc1ccc([C@@H](C)NC(=O)COc2ccc(Cl)cc2)cc1. The minimum atomic E-state index is -0.155. The van der Waals surface area contributed by atoms with Crippen LogP contribution in [0.25, 0.3) is 0 Å². The van der Waals surface area contributed by atoms with Gasteiger partial charge < -0.3 is 10.1 Å². The molecule has 0 aliphatic rings. The number of carbonyl (C=O) groups excluding carboxylic acids is 1. The number of ether oxygens (including phenoxy) is 1. The molecule has 0 fully saturated rings. The first-order chi connectivity index (χ1) is 10.0. The molecule has 2 rings (SSSR count). The van der Waals surface area contributed by atoms with E-state index in [0.717, 1.165) is 5.56 Å². The van der Waals surface area contributed by atoms with Crippen LogP contribution in [-0.4, -0.2) is 12.5 Å². The third kappa shape index (κ3) is 4.80. The van der Waals surface area contributed by atoms with Gasteiger partial charge in [-0.05, 0) is 43.7 Å². The summed E-state index contributed by atoms with van der Waals surface area (Å²) >= 11 is 5.79. The van der Waals surface area contributed by atoms with Crippen LogP contribution in [0, 0.1) is 6.92 Å². The molecule has 0 saturated carbocycles. The molecule has 110 valence electrons. The molecule has 0 aromatic heterocycles. The van der Waals surface area contributed by atoms with Crippen molar-refractivity contribution in [1.29, 1.82) is 0 Å². The summed E-state index contributed by atoms with van der Waals surface area (Å²) < 4.78 is 5.41. The van der Waals surface area contributed by atoms with E-state index >= 15 is 0 Å². The van der Waals surface area contributed by atoms with Crippen molar-refractivity contribution in [2.75, 3.05) is 6.61 Å². The Labute approximate surface area is 129 Å². The molecule has 1 amide bonds. The Hall–Kier alpha value is -2.00. The van der Waals surface area contributed by atoms with Crippen LogP contribution in [0.2, 0.25) is 5.02 Å². The van der Waals surface area contributed by atoms with E-state index in [2.05, 4.69) is 5.32 Å². The summed E-state index contributed by atoms with van der Waals surface area (Å²) in [7, 11) is 0. The molecule has 2 aromatic carbocycles. The molecule has 3 nitrogen and oxygen atoms in total. The molecule has 0 aliphatic heterocycles. The summed E-state index contributed by atoms with van der Waals surface area (Å²) in [6, 6.07) is 15.0.